The van der Waals surface area contributed by atoms with Gasteiger partial charge in [0.15, 0.2) is 0 Å². The van der Waals surface area contributed by atoms with Crippen molar-refractivity contribution in [3.05, 3.63) is 29.8 Å². The minimum Gasteiger partial charge on any atom is -0.494 e. The molecule has 0 amide bonds. The van der Waals surface area contributed by atoms with Crippen molar-refractivity contribution in [3.8, 4) is 5.75 Å². The van der Waals surface area contributed by atoms with Crippen LogP contribution in [0.25, 0.3) is 0 Å². The molecule has 2 rings (SSSR count). The first-order chi connectivity index (χ1) is 11.2. The Morgan fingerprint density at radius 1 is 1.13 bits per heavy atom. The van der Waals surface area contributed by atoms with E-state index >= 15 is 0 Å². The predicted octanol–water partition coefficient (Wildman–Crippen LogP) is 3.57. The summed E-state index contributed by atoms with van der Waals surface area (Å²) in [7, 11) is 0. The maximum atomic E-state index is 11.7. The molecule has 0 N–H and O–H groups in total. The third-order valence-electron chi connectivity index (χ3n) is 3.41. The summed E-state index contributed by atoms with van der Waals surface area (Å²) in [5, 5.41) is 4.19. The molecule has 7 nitrogen and oxygen atoms in total. The molecule has 0 saturated heterocycles. The van der Waals surface area contributed by atoms with Gasteiger partial charge in [0.1, 0.15) is 11.9 Å². The van der Waals surface area contributed by atoms with Gasteiger partial charge in [-0.15, -0.1) is 0 Å². The fourth-order valence-electron chi connectivity index (χ4n) is 2.34. The van der Waals surface area contributed by atoms with Gasteiger partial charge in [-0.3, -0.25) is 4.89 Å². The summed E-state index contributed by atoms with van der Waals surface area (Å²) in [5.41, 5.74) is 0.209. The number of hydrogen-bond acceptors (Lipinski definition) is 7. The smallest absolute Gasteiger partial charge is 0.494 e. The molecule has 0 bridgehead atoms. The summed E-state index contributed by atoms with van der Waals surface area (Å²) in [6.07, 6.45) is 3.60. The Morgan fingerprint density at radius 2 is 1.91 bits per heavy atom. The SMILES string of the molecule is CCOc1cccc(C(=O)OOOC(=O)OC2CCCCC2)c1. The fraction of sp³-hybridized carbons (Fsp3) is 0.500. The van der Waals surface area contributed by atoms with E-state index in [1.54, 1.807) is 12.1 Å². The third kappa shape index (κ3) is 5.78. The van der Waals surface area contributed by atoms with Crippen molar-refractivity contribution in [2.75, 3.05) is 6.61 Å². The van der Waals surface area contributed by atoms with Crippen LogP contribution in [0.3, 0.4) is 0 Å². The van der Waals surface area contributed by atoms with Gasteiger partial charge in [-0.2, -0.15) is 0 Å². The molecule has 23 heavy (non-hydrogen) atoms. The molecule has 0 aliphatic heterocycles. The number of hydrogen-bond donors (Lipinski definition) is 0. The normalized spacial score (nSPS) is 14.8. The summed E-state index contributed by atoms with van der Waals surface area (Å²) in [5.74, 6) is -0.281. The maximum Gasteiger partial charge on any atom is 0.543 e. The standard InChI is InChI=1S/C16H20O7/c1-2-19-14-10-6-7-12(11-14)15(17)21-23-22-16(18)20-13-8-4-3-5-9-13/h6-7,10-11,13H,2-5,8-9H2,1H3. The molecule has 0 radical (unpaired) electrons. The van der Waals surface area contributed by atoms with Gasteiger partial charge in [0.2, 0.25) is 0 Å². The van der Waals surface area contributed by atoms with Gasteiger partial charge in [-0.25, -0.2) is 14.5 Å². The molecule has 1 fully saturated rings. The van der Waals surface area contributed by atoms with Gasteiger partial charge >= 0.3 is 12.1 Å². The Bertz CT molecular complexity index is 523. The number of carbonyl (C=O) groups excluding carboxylic acids is 2. The van der Waals surface area contributed by atoms with Crippen molar-refractivity contribution in [3.63, 3.8) is 0 Å². The topological polar surface area (TPSA) is 80.3 Å². The van der Waals surface area contributed by atoms with E-state index < -0.39 is 12.1 Å². The van der Waals surface area contributed by atoms with Gasteiger partial charge in [-0.05, 0) is 50.8 Å². The largest absolute Gasteiger partial charge is 0.543 e. The van der Waals surface area contributed by atoms with Crippen molar-refractivity contribution >= 4 is 12.1 Å². The van der Waals surface area contributed by atoms with Crippen LogP contribution >= 0.6 is 0 Å². The van der Waals surface area contributed by atoms with E-state index in [0.717, 1.165) is 32.1 Å². The summed E-state index contributed by atoms with van der Waals surface area (Å²) in [6, 6.07) is 6.36. The lowest BCUT2D eigenvalue weighted by Gasteiger charge is -2.20. The summed E-state index contributed by atoms with van der Waals surface area (Å²) >= 11 is 0. The highest BCUT2D eigenvalue weighted by atomic mass is 17.5. The Labute approximate surface area is 134 Å². The van der Waals surface area contributed by atoms with Crippen LogP contribution in [0.1, 0.15) is 49.4 Å². The Morgan fingerprint density at radius 3 is 2.65 bits per heavy atom. The number of ether oxygens (including phenoxy) is 2. The number of benzene rings is 1. The molecule has 0 aromatic heterocycles. The Kier molecular flexibility index (Phi) is 6.68. The summed E-state index contributed by atoms with van der Waals surface area (Å²) in [6.45, 7) is 2.31. The van der Waals surface area contributed by atoms with Crippen LogP contribution in [0.15, 0.2) is 24.3 Å². The monoisotopic (exact) mass is 324 g/mol. The van der Waals surface area contributed by atoms with Crippen LogP contribution in [0, 0.1) is 0 Å². The van der Waals surface area contributed by atoms with Gasteiger partial charge < -0.3 is 9.47 Å². The molecule has 1 aromatic carbocycles. The van der Waals surface area contributed by atoms with Crippen LogP contribution in [0.4, 0.5) is 4.79 Å². The molecule has 7 heteroatoms. The molecule has 126 valence electrons. The van der Waals surface area contributed by atoms with E-state index in [0.29, 0.717) is 12.4 Å². The van der Waals surface area contributed by atoms with E-state index in [2.05, 4.69) is 14.8 Å². The molecule has 1 aliphatic rings. The number of rotatable bonds is 6. The van der Waals surface area contributed by atoms with Crippen LogP contribution in [-0.4, -0.2) is 24.8 Å². The lowest BCUT2D eigenvalue weighted by molar-refractivity contribution is -0.453. The highest BCUT2D eigenvalue weighted by molar-refractivity contribution is 5.89. The second kappa shape index (κ2) is 8.99. The zero-order valence-corrected chi connectivity index (χ0v) is 13.0. The molecule has 0 unspecified atom stereocenters. The lowest BCUT2D eigenvalue weighted by Crippen LogP contribution is -2.22. The molecular weight excluding hydrogens is 304 g/mol. The molecule has 0 spiro atoms. The minimum atomic E-state index is -1.02. The van der Waals surface area contributed by atoms with E-state index in [1.807, 2.05) is 6.92 Å². The van der Waals surface area contributed by atoms with Crippen LogP contribution in [-0.2, 0) is 19.6 Å². The zero-order chi connectivity index (χ0) is 16.5. The van der Waals surface area contributed by atoms with Crippen LogP contribution < -0.4 is 4.74 Å². The second-order valence-corrected chi connectivity index (χ2v) is 5.11. The van der Waals surface area contributed by atoms with Crippen molar-refractivity contribution in [1.82, 2.24) is 0 Å². The van der Waals surface area contributed by atoms with E-state index in [9.17, 15) is 9.59 Å². The first-order valence-corrected chi connectivity index (χ1v) is 7.68. The molecule has 0 atom stereocenters. The zero-order valence-electron chi connectivity index (χ0n) is 13.0. The van der Waals surface area contributed by atoms with Gasteiger partial charge in [0.05, 0.1) is 17.2 Å². The van der Waals surface area contributed by atoms with Gasteiger partial charge in [0, 0.05) is 0 Å². The molecule has 0 heterocycles. The second-order valence-electron chi connectivity index (χ2n) is 5.11. The third-order valence-corrected chi connectivity index (χ3v) is 3.41. The van der Waals surface area contributed by atoms with Crippen molar-refractivity contribution < 1.29 is 33.9 Å². The molecule has 1 aliphatic carbocycles. The van der Waals surface area contributed by atoms with E-state index in [4.69, 9.17) is 9.47 Å². The van der Waals surface area contributed by atoms with Crippen molar-refractivity contribution in [1.29, 1.82) is 0 Å². The molecule has 1 aromatic rings. The van der Waals surface area contributed by atoms with E-state index in [1.165, 1.54) is 12.1 Å². The Hall–Kier alpha value is -2.28. The first kappa shape index (κ1) is 17.1. The fourth-order valence-corrected chi connectivity index (χ4v) is 2.34. The lowest BCUT2D eigenvalue weighted by atomic mass is 9.98. The highest BCUT2D eigenvalue weighted by Gasteiger charge is 2.20. The minimum absolute atomic E-state index is 0.168. The average Bonchev–Trinajstić information content (AvgIpc) is 2.56. The van der Waals surface area contributed by atoms with Crippen molar-refractivity contribution in [2.45, 2.75) is 45.1 Å². The maximum absolute atomic E-state index is 11.7. The summed E-state index contributed by atoms with van der Waals surface area (Å²) in [4.78, 5) is 31.8. The van der Waals surface area contributed by atoms with E-state index in [-0.39, 0.29) is 11.7 Å². The molecular formula is C16H20O7. The van der Waals surface area contributed by atoms with Gasteiger partial charge in [0.25, 0.3) is 0 Å². The highest BCUT2D eigenvalue weighted by Crippen LogP contribution is 2.20. The Balaban J connectivity index is 1.71. The molecule has 1 saturated carbocycles. The summed E-state index contributed by atoms with van der Waals surface area (Å²) < 4.78 is 10.3. The predicted molar refractivity (Wildman–Crippen MR) is 78.6 cm³/mol. The quantitative estimate of drug-likeness (QED) is 0.449. The van der Waals surface area contributed by atoms with Crippen molar-refractivity contribution in [2.24, 2.45) is 0 Å². The first-order valence-electron chi connectivity index (χ1n) is 7.68. The average molecular weight is 324 g/mol. The van der Waals surface area contributed by atoms with Crippen LogP contribution in [0.2, 0.25) is 0 Å². The number of carbonyl (C=O) groups is 2. The van der Waals surface area contributed by atoms with Crippen LogP contribution in [0.5, 0.6) is 5.75 Å². The van der Waals surface area contributed by atoms with Gasteiger partial charge in [-0.1, -0.05) is 12.5 Å².